The maximum absolute atomic E-state index is 12.2. The van der Waals surface area contributed by atoms with Crippen LogP contribution < -0.4 is 10.6 Å². The number of hydrogen-bond acceptors (Lipinski definition) is 2. The molecule has 1 aliphatic heterocycles. The fourth-order valence-electron chi connectivity index (χ4n) is 2.35. The molecule has 0 radical (unpaired) electrons. The minimum atomic E-state index is -0.131. The average molecular weight is 338 g/mol. The summed E-state index contributed by atoms with van der Waals surface area (Å²) in [5.41, 5.74) is 0.858. The van der Waals surface area contributed by atoms with E-state index in [2.05, 4.69) is 10.6 Å². The molecule has 20 heavy (non-hydrogen) atoms. The van der Waals surface area contributed by atoms with Crippen LogP contribution in [0, 0.1) is 5.92 Å². The van der Waals surface area contributed by atoms with Crippen LogP contribution in [-0.2, 0) is 4.79 Å². The highest BCUT2D eigenvalue weighted by Crippen LogP contribution is 2.30. The molecule has 0 saturated carbocycles. The summed E-state index contributed by atoms with van der Waals surface area (Å²) >= 11 is 12.2. The molecule has 1 amide bonds. The third kappa shape index (κ3) is 4.26. The summed E-state index contributed by atoms with van der Waals surface area (Å²) in [5, 5.41) is 7.31. The molecule has 1 fully saturated rings. The van der Waals surface area contributed by atoms with Gasteiger partial charge in [0.1, 0.15) is 0 Å². The second kappa shape index (κ2) is 8.08. The largest absolute Gasteiger partial charge is 0.349 e. The van der Waals surface area contributed by atoms with E-state index in [9.17, 15) is 4.79 Å². The molecule has 1 atom stereocenters. The van der Waals surface area contributed by atoms with Crippen LogP contribution in [0.25, 0.3) is 0 Å². The Morgan fingerprint density at radius 2 is 2.00 bits per heavy atom. The molecule has 6 heteroatoms. The number of benzene rings is 1. The summed E-state index contributed by atoms with van der Waals surface area (Å²) < 4.78 is 0. The summed E-state index contributed by atoms with van der Waals surface area (Å²) in [7, 11) is 0. The lowest BCUT2D eigenvalue weighted by molar-refractivity contribution is -0.126. The van der Waals surface area contributed by atoms with Crippen molar-refractivity contribution < 1.29 is 4.79 Å². The Kier molecular flexibility index (Phi) is 7.10. The van der Waals surface area contributed by atoms with Gasteiger partial charge in [0.2, 0.25) is 5.91 Å². The number of piperidine rings is 1. The van der Waals surface area contributed by atoms with Gasteiger partial charge in [-0.15, -0.1) is 12.4 Å². The van der Waals surface area contributed by atoms with Gasteiger partial charge in [-0.1, -0.05) is 35.3 Å². The smallest absolute Gasteiger partial charge is 0.223 e. The van der Waals surface area contributed by atoms with E-state index < -0.39 is 0 Å². The molecule has 1 saturated heterocycles. The number of amides is 1. The van der Waals surface area contributed by atoms with E-state index in [1.165, 1.54) is 0 Å². The zero-order chi connectivity index (χ0) is 13.8. The molecule has 2 N–H and O–H groups in total. The third-order valence-electron chi connectivity index (χ3n) is 3.52. The van der Waals surface area contributed by atoms with Gasteiger partial charge in [0.05, 0.1) is 16.1 Å². The Bertz CT molecular complexity index is 462. The first-order valence-corrected chi connectivity index (χ1v) is 7.30. The van der Waals surface area contributed by atoms with Crippen molar-refractivity contribution in [1.82, 2.24) is 10.6 Å². The first-order valence-electron chi connectivity index (χ1n) is 6.54. The van der Waals surface area contributed by atoms with Crippen molar-refractivity contribution >= 4 is 41.5 Å². The highest BCUT2D eigenvalue weighted by molar-refractivity contribution is 6.42. The standard InChI is InChI=1S/C14H18Cl2N2O.ClH/c1-9(11-3-2-4-12(15)13(11)16)18-14(19)10-5-7-17-8-6-10;/h2-4,9-10,17H,5-8H2,1H3,(H,18,19);1H. The number of carbonyl (C=O) groups excluding carboxylic acids is 1. The van der Waals surface area contributed by atoms with Crippen LogP contribution in [0.3, 0.4) is 0 Å². The summed E-state index contributed by atoms with van der Waals surface area (Å²) in [6.45, 7) is 3.74. The molecule has 1 aliphatic rings. The lowest BCUT2D eigenvalue weighted by atomic mass is 9.96. The van der Waals surface area contributed by atoms with E-state index in [1.807, 2.05) is 19.1 Å². The van der Waals surface area contributed by atoms with Gasteiger partial charge in [0.15, 0.2) is 0 Å². The molecule has 1 aromatic carbocycles. The molecule has 1 aromatic rings. The second-order valence-electron chi connectivity index (χ2n) is 4.90. The van der Waals surface area contributed by atoms with E-state index >= 15 is 0 Å². The van der Waals surface area contributed by atoms with Gasteiger partial charge < -0.3 is 10.6 Å². The Balaban J connectivity index is 0.00000200. The fourth-order valence-corrected chi connectivity index (χ4v) is 2.82. The lowest BCUT2D eigenvalue weighted by Crippen LogP contribution is -2.39. The summed E-state index contributed by atoms with van der Waals surface area (Å²) in [5.74, 6) is 0.201. The molecular weight excluding hydrogens is 319 g/mol. The normalized spacial score (nSPS) is 17.1. The first kappa shape index (κ1) is 17.6. The number of hydrogen-bond donors (Lipinski definition) is 2. The van der Waals surface area contributed by atoms with E-state index in [0.717, 1.165) is 31.5 Å². The topological polar surface area (TPSA) is 41.1 Å². The van der Waals surface area contributed by atoms with Gasteiger partial charge in [-0.25, -0.2) is 0 Å². The van der Waals surface area contributed by atoms with E-state index in [-0.39, 0.29) is 30.3 Å². The zero-order valence-corrected chi connectivity index (χ0v) is 13.6. The molecule has 3 nitrogen and oxygen atoms in total. The van der Waals surface area contributed by atoms with Crippen molar-refractivity contribution in [2.45, 2.75) is 25.8 Å². The van der Waals surface area contributed by atoms with Crippen LogP contribution >= 0.6 is 35.6 Å². The van der Waals surface area contributed by atoms with Crippen molar-refractivity contribution in [2.75, 3.05) is 13.1 Å². The Morgan fingerprint density at radius 3 is 2.65 bits per heavy atom. The van der Waals surface area contributed by atoms with Gasteiger partial charge in [-0.05, 0) is 44.5 Å². The monoisotopic (exact) mass is 336 g/mol. The Morgan fingerprint density at radius 1 is 1.35 bits per heavy atom. The fraction of sp³-hybridized carbons (Fsp3) is 0.500. The SMILES string of the molecule is CC(NC(=O)C1CCNCC1)c1cccc(Cl)c1Cl.Cl. The van der Waals surface area contributed by atoms with Crippen LogP contribution in [0.5, 0.6) is 0 Å². The van der Waals surface area contributed by atoms with E-state index in [4.69, 9.17) is 23.2 Å². The summed E-state index contributed by atoms with van der Waals surface area (Å²) in [6, 6.07) is 5.35. The highest BCUT2D eigenvalue weighted by atomic mass is 35.5. The number of nitrogens with one attached hydrogen (secondary N) is 2. The second-order valence-corrected chi connectivity index (χ2v) is 5.68. The lowest BCUT2D eigenvalue weighted by Gasteiger charge is -2.24. The molecule has 1 unspecified atom stereocenters. The molecule has 0 bridgehead atoms. The van der Waals surface area contributed by atoms with Crippen LogP contribution in [0.15, 0.2) is 18.2 Å². The van der Waals surface area contributed by atoms with Crippen LogP contribution in [0.4, 0.5) is 0 Å². The molecule has 1 heterocycles. The summed E-state index contributed by atoms with van der Waals surface area (Å²) in [4.78, 5) is 12.2. The van der Waals surface area contributed by atoms with Gasteiger partial charge in [0.25, 0.3) is 0 Å². The predicted octanol–water partition coefficient (Wildman–Crippen LogP) is 3.59. The third-order valence-corrected chi connectivity index (χ3v) is 4.35. The van der Waals surface area contributed by atoms with Gasteiger partial charge in [0, 0.05) is 5.92 Å². The minimum Gasteiger partial charge on any atom is -0.349 e. The molecule has 0 aromatic heterocycles. The summed E-state index contributed by atoms with van der Waals surface area (Å²) in [6.07, 6.45) is 1.78. The van der Waals surface area contributed by atoms with Crippen molar-refractivity contribution in [3.05, 3.63) is 33.8 Å². The molecule has 112 valence electrons. The maximum Gasteiger partial charge on any atom is 0.223 e. The van der Waals surface area contributed by atoms with Crippen LogP contribution in [0.1, 0.15) is 31.4 Å². The highest BCUT2D eigenvalue weighted by Gasteiger charge is 2.23. The first-order chi connectivity index (χ1) is 9.09. The molecular formula is C14H19Cl3N2O. The van der Waals surface area contributed by atoms with Crippen LogP contribution in [-0.4, -0.2) is 19.0 Å². The quantitative estimate of drug-likeness (QED) is 0.885. The number of rotatable bonds is 3. The van der Waals surface area contributed by atoms with Crippen molar-refractivity contribution in [2.24, 2.45) is 5.92 Å². The molecule has 2 rings (SSSR count). The van der Waals surface area contributed by atoms with E-state index in [1.54, 1.807) is 6.07 Å². The maximum atomic E-state index is 12.2. The van der Waals surface area contributed by atoms with E-state index in [0.29, 0.717) is 10.0 Å². The van der Waals surface area contributed by atoms with Crippen LogP contribution in [0.2, 0.25) is 10.0 Å². The zero-order valence-electron chi connectivity index (χ0n) is 11.3. The van der Waals surface area contributed by atoms with Crippen molar-refractivity contribution in [1.29, 1.82) is 0 Å². The Labute approximate surface area is 135 Å². The number of halogens is 3. The van der Waals surface area contributed by atoms with Gasteiger partial charge >= 0.3 is 0 Å². The molecule has 0 spiro atoms. The van der Waals surface area contributed by atoms with Gasteiger partial charge in [-0.3, -0.25) is 4.79 Å². The van der Waals surface area contributed by atoms with Gasteiger partial charge in [-0.2, -0.15) is 0 Å². The Hall–Kier alpha value is -0.480. The van der Waals surface area contributed by atoms with Crippen molar-refractivity contribution in [3.8, 4) is 0 Å². The average Bonchev–Trinajstić information content (AvgIpc) is 2.42. The molecule has 0 aliphatic carbocycles. The predicted molar refractivity (Wildman–Crippen MR) is 85.9 cm³/mol. The van der Waals surface area contributed by atoms with Crippen molar-refractivity contribution in [3.63, 3.8) is 0 Å². The minimum absolute atomic E-state index is 0. The number of carbonyl (C=O) groups is 1.